The van der Waals surface area contributed by atoms with Crippen molar-refractivity contribution in [2.24, 2.45) is 16.7 Å². The summed E-state index contributed by atoms with van der Waals surface area (Å²) in [5, 5.41) is 3.24. The third kappa shape index (κ3) is 2.56. The van der Waals surface area contributed by atoms with Crippen molar-refractivity contribution in [2.45, 2.75) is 46.8 Å². The molecule has 0 radical (unpaired) electrons. The average molecular weight is 300 g/mol. The van der Waals surface area contributed by atoms with Gasteiger partial charge in [0.1, 0.15) is 0 Å². The average Bonchev–Trinajstić information content (AvgIpc) is 2.76. The summed E-state index contributed by atoms with van der Waals surface area (Å²) in [5.74, 6) is 0.148. The highest BCUT2D eigenvalue weighted by atomic mass is 19.4. The molecule has 21 heavy (non-hydrogen) atoms. The molecular weight excluding hydrogens is 277 g/mol. The van der Waals surface area contributed by atoms with Crippen LogP contribution >= 0.6 is 0 Å². The molecular formula is C16H23F3N2. The van der Waals surface area contributed by atoms with Crippen LogP contribution in [0.25, 0.3) is 0 Å². The molecule has 1 aliphatic carbocycles. The number of halogens is 3. The minimum Gasteiger partial charge on any atom is -0.310 e. The van der Waals surface area contributed by atoms with Crippen LogP contribution in [0.15, 0.2) is 18.5 Å². The maximum atomic E-state index is 13.3. The molecule has 0 saturated heterocycles. The van der Waals surface area contributed by atoms with E-state index in [4.69, 9.17) is 0 Å². The first-order valence-electron chi connectivity index (χ1n) is 7.29. The van der Waals surface area contributed by atoms with Gasteiger partial charge in [-0.1, -0.05) is 34.6 Å². The molecule has 2 nitrogen and oxygen atoms in total. The molecule has 1 aliphatic rings. The molecule has 1 unspecified atom stereocenters. The topological polar surface area (TPSA) is 24.9 Å². The largest absolute Gasteiger partial charge is 0.416 e. The van der Waals surface area contributed by atoms with Gasteiger partial charge in [0, 0.05) is 18.4 Å². The van der Waals surface area contributed by atoms with Gasteiger partial charge in [-0.15, -0.1) is 0 Å². The molecule has 1 N–H and O–H groups in total. The van der Waals surface area contributed by atoms with E-state index < -0.39 is 11.7 Å². The molecule has 0 amide bonds. The van der Waals surface area contributed by atoms with E-state index >= 15 is 0 Å². The van der Waals surface area contributed by atoms with Gasteiger partial charge in [-0.05, 0) is 34.9 Å². The lowest BCUT2D eigenvalue weighted by Gasteiger charge is -2.24. The third-order valence-corrected chi connectivity index (χ3v) is 5.38. The Bertz CT molecular complexity index is 506. The Morgan fingerprint density at radius 2 is 1.81 bits per heavy atom. The maximum absolute atomic E-state index is 13.3. The lowest BCUT2D eigenvalue weighted by molar-refractivity contribution is -0.138. The molecule has 1 fully saturated rings. The molecule has 0 aliphatic heterocycles. The van der Waals surface area contributed by atoms with Crippen LogP contribution in [0.5, 0.6) is 0 Å². The van der Waals surface area contributed by atoms with Gasteiger partial charge >= 0.3 is 6.18 Å². The molecule has 1 atom stereocenters. The normalized spacial score (nSPS) is 22.1. The van der Waals surface area contributed by atoms with Gasteiger partial charge in [-0.2, -0.15) is 13.2 Å². The SMILES string of the molecule is CCNC(c1cnccc1C(F)(F)F)C1C(C)(C)C1(C)C. The molecule has 5 heteroatoms. The molecule has 0 aromatic carbocycles. The van der Waals surface area contributed by atoms with Crippen molar-refractivity contribution in [3.63, 3.8) is 0 Å². The molecule has 118 valence electrons. The lowest BCUT2D eigenvalue weighted by Crippen LogP contribution is -2.28. The van der Waals surface area contributed by atoms with Crippen LogP contribution in [-0.4, -0.2) is 11.5 Å². The van der Waals surface area contributed by atoms with Crippen LogP contribution in [0.4, 0.5) is 13.2 Å². The molecule has 1 saturated carbocycles. The van der Waals surface area contributed by atoms with E-state index in [-0.39, 0.29) is 28.4 Å². The first-order chi connectivity index (χ1) is 9.55. The second-order valence-corrected chi connectivity index (χ2v) is 6.92. The number of pyridine rings is 1. The summed E-state index contributed by atoms with van der Waals surface area (Å²) in [5.41, 5.74) is -0.325. The van der Waals surface area contributed by atoms with Gasteiger partial charge in [0.25, 0.3) is 0 Å². The number of hydrogen-bond donors (Lipinski definition) is 1. The van der Waals surface area contributed by atoms with Gasteiger partial charge in [-0.25, -0.2) is 0 Å². The molecule has 0 spiro atoms. The second kappa shape index (κ2) is 4.97. The molecule has 1 aromatic rings. The van der Waals surface area contributed by atoms with Gasteiger partial charge in [0.2, 0.25) is 0 Å². The Labute approximate surface area is 124 Å². The molecule has 2 rings (SSSR count). The molecule has 1 aromatic heterocycles. The van der Waals surface area contributed by atoms with Crippen molar-refractivity contribution in [1.82, 2.24) is 10.3 Å². The predicted octanol–water partition coefficient (Wildman–Crippen LogP) is 4.43. The predicted molar refractivity (Wildman–Crippen MR) is 76.7 cm³/mol. The number of aromatic nitrogens is 1. The van der Waals surface area contributed by atoms with Crippen molar-refractivity contribution in [2.75, 3.05) is 6.54 Å². The maximum Gasteiger partial charge on any atom is 0.416 e. The minimum absolute atomic E-state index is 0.00144. The van der Waals surface area contributed by atoms with Crippen LogP contribution in [0.3, 0.4) is 0 Å². The second-order valence-electron chi connectivity index (χ2n) is 6.92. The number of rotatable bonds is 4. The van der Waals surface area contributed by atoms with Crippen LogP contribution in [0.1, 0.15) is 51.8 Å². The van der Waals surface area contributed by atoms with E-state index in [9.17, 15) is 13.2 Å². The highest BCUT2D eigenvalue weighted by molar-refractivity contribution is 5.33. The number of hydrogen-bond acceptors (Lipinski definition) is 2. The molecule has 1 heterocycles. The highest BCUT2D eigenvalue weighted by Gasteiger charge is 2.67. The van der Waals surface area contributed by atoms with Crippen LogP contribution in [-0.2, 0) is 6.18 Å². The lowest BCUT2D eigenvalue weighted by atomic mass is 9.94. The van der Waals surface area contributed by atoms with E-state index in [1.165, 1.54) is 12.4 Å². The zero-order valence-corrected chi connectivity index (χ0v) is 13.2. The number of alkyl halides is 3. The van der Waals surface area contributed by atoms with Gasteiger partial charge in [0.05, 0.1) is 5.56 Å². The summed E-state index contributed by atoms with van der Waals surface area (Å²) in [6.45, 7) is 11.0. The first kappa shape index (κ1) is 16.3. The monoisotopic (exact) mass is 300 g/mol. The summed E-state index contributed by atoms with van der Waals surface area (Å²) in [6, 6.07) is 0.743. The summed E-state index contributed by atoms with van der Waals surface area (Å²) in [7, 11) is 0. The number of nitrogens with one attached hydrogen (secondary N) is 1. The third-order valence-electron chi connectivity index (χ3n) is 5.38. The van der Waals surface area contributed by atoms with E-state index in [0.717, 1.165) is 6.07 Å². The Kier molecular flexibility index (Phi) is 3.85. The van der Waals surface area contributed by atoms with Gasteiger partial charge in [-0.3, -0.25) is 4.98 Å². The number of nitrogens with zero attached hydrogens (tertiary/aromatic N) is 1. The minimum atomic E-state index is -4.35. The Morgan fingerprint density at radius 1 is 1.24 bits per heavy atom. The van der Waals surface area contributed by atoms with E-state index in [2.05, 4.69) is 38.0 Å². The Balaban J connectivity index is 2.47. The summed E-state index contributed by atoms with van der Waals surface area (Å²) >= 11 is 0. The Morgan fingerprint density at radius 3 is 2.24 bits per heavy atom. The van der Waals surface area contributed by atoms with Crippen molar-refractivity contribution in [3.05, 3.63) is 29.6 Å². The summed E-state index contributed by atoms with van der Waals surface area (Å²) < 4.78 is 39.8. The quantitative estimate of drug-likeness (QED) is 0.889. The van der Waals surface area contributed by atoms with Crippen LogP contribution < -0.4 is 5.32 Å². The molecule has 0 bridgehead atoms. The standard InChI is InChI=1S/C16H23F3N2/c1-6-21-12(13-14(2,3)15(13,4)5)10-9-20-8-7-11(10)16(17,18)19/h7-9,12-13,21H,6H2,1-5H3. The van der Waals surface area contributed by atoms with Crippen molar-refractivity contribution < 1.29 is 13.2 Å². The van der Waals surface area contributed by atoms with Crippen LogP contribution in [0, 0.1) is 16.7 Å². The first-order valence-corrected chi connectivity index (χ1v) is 7.29. The van der Waals surface area contributed by atoms with E-state index in [1.807, 2.05) is 6.92 Å². The zero-order valence-electron chi connectivity index (χ0n) is 13.2. The highest BCUT2D eigenvalue weighted by Crippen LogP contribution is 2.72. The zero-order chi connectivity index (χ0) is 16.1. The van der Waals surface area contributed by atoms with Crippen molar-refractivity contribution in [3.8, 4) is 0 Å². The van der Waals surface area contributed by atoms with Gasteiger partial charge in [0.15, 0.2) is 0 Å². The van der Waals surface area contributed by atoms with Crippen molar-refractivity contribution >= 4 is 0 Å². The smallest absolute Gasteiger partial charge is 0.310 e. The van der Waals surface area contributed by atoms with Crippen molar-refractivity contribution in [1.29, 1.82) is 0 Å². The fraction of sp³-hybridized carbons (Fsp3) is 0.688. The summed E-state index contributed by atoms with van der Waals surface area (Å²) in [6.07, 6.45) is -1.78. The summed E-state index contributed by atoms with van der Waals surface area (Å²) in [4.78, 5) is 3.93. The fourth-order valence-corrected chi connectivity index (χ4v) is 3.62. The fourth-order valence-electron chi connectivity index (χ4n) is 3.62. The van der Waals surface area contributed by atoms with Crippen LogP contribution in [0.2, 0.25) is 0 Å². The Hall–Kier alpha value is -1.10. The van der Waals surface area contributed by atoms with E-state index in [1.54, 1.807) is 0 Å². The van der Waals surface area contributed by atoms with Gasteiger partial charge < -0.3 is 5.32 Å². The van der Waals surface area contributed by atoms with E-state index in [0.29, 0.717) is 6.54 Å².